The third-order valence-electron chi connectivity index (χ3n) is 3.82. The molecule has 0 aliphatic heterocycles. The smallest absolute Gasteiger partial charge is 0.231 e. The number of amides is 1. The first kappa shape index (κ1) is 13.8. The lowest BCUT2D eigenvalue weighted by Gasteiger charge is -2.18. The fraction of sp³-hybridized carbons (Fsp3) is 0.400. The second-order valence-corrected chi connectivity index (χ2v) is 6.78. The normalized spacial score (nSPS) is 17.6. The molecule has 5 heteroatoms. The van der Waals surface area contributed by atoms with Crippen molar-refractivity contribution in [3.8, 4) is 0 Å². The van der Waals surface area contributed by atoms with Crippen LogP contribution in [0.15, 0.2) is 34.3 Å². The highest BCUT2D eigenvalue weighted by Crippen LogP contribution is 2.50. The number of hydrogen-bond donors (Lipinski definition) is 1. The van der Waals surface area contributed by atoms with E-state index in [1.165, 1.54) is 4.88 Å². The van der Waals surface area contributed by atoms with Crippen LogP contribution in [0, 0.1) is 0 Å². The van der Waals surface area contributed by atoms with Crippen molar-refractivity contribution >= 4 is 28.6 Å². The second kappa shape index (κ2) is 5.68. The fourth-order valence-electron chi connectivity index (χ4n) is 2.41. The number of hydrogen-bond acceptors (Lipinski definition) is 4. The van der Waals surface area contributed by atoms with E-state index in [0.717, 1.165) is 18.4 Å². The van der Waals surface area contributed by atoms with Gasteiger partial charge in [0.25, 0.3) is 0 Å². The van der Waals surface area contributed by atoms with E-state index in [0.29, 0.717) is 6.54 Å². The van der Waals surface area contributed by atoms with Gasteiger partial charge in [-0.3, -0.25) is 4.79 Å². The Hall–Kier alpha value is -1.17. The van der Waals surface area contributed by atoms with Crippen LogP contribution in [0.3, 0.4) is 0 Å². The zero-order valence-electron chi connectivity index (χ0n) is 11.3. The monoisotopic (exact) mass is 307 g/mol. The number of ether oxygens (including phenoxy) is 1. The summed E-state index contributed by atoms with van der Waals surface area (Å²) in [5, 5.41) is 9.18. The van der Waals surface area contributed by atoms with E-state index in [2.05, 4.69) is 16.8 Å². The molecule has 0 saturated heterocycles. The van der Waals surface area contributed by atoms with E-state index in [9.17, 15) is 4.79 Å². The maximum absolute atomic E-state index is 12.5. The lowest BCUT2D eigenvalue weighted by atomic mass is 10.0. The van der Waals surface area contributed by atoms with Crippen molar-refractivity contribution in [2.75, 3.05) is 13.7 Å². The molecule has 2 aromatic heterocycles. The van der Waals surface area contributed by atoms with Gasteiger partial charge in [-0.25, -0.2) is 0 Å². The molecule has 1 N–H and O–H groups in total. The molecular formula is C15H17NO2S2. The largest absolute Gasteiger partial charge is 0.375 e. The highest BCUT2D eigenvalue weighted by atomic mass is 32.1. The molecule has 1 saturated carbocycles. The summed E-state index contributed by atoms with van der Waals surface area (Å²) in [6.45, 7) is 0.527. The standard InChI is InChI=1S/C15H17NO2S2/c1-18-12(11-4-8-19-10-11)9-16-14(17)15(5-6-15)13-3-2-7-20-13/h2-4,7-8,10,12H,5-6,9H2,1H3,(H,16,17). The molecular weight excluding hydrogens is 290 g/mol. The van der Waals surface area contributed by atoms with Gasteiger partial charge in [0.1, 0.15) is 6.10 Å². The Morgan fingerprint density at radius 2 is 2.30 bits per heavy atom. The molecule has 1 amide bonds. The topological polar surface area (TPSA) is 38.3 Å². The average molecular weight is 307 g/mol. The minimum atomic E-state index is -0.263. The van der Waals surface area contributed by atoms with Gasteiger partial charge < -0.3 is 10.1 Å². The summed E-state index contributed by atoms with van der Waals surface area (Å²) in [6.07, 6.45) is 1.84. The van der Waals surface area contributed by atoms with Crippen LogP contribution in [0.1, 0.15) is 29.4 Å². The molecule has 2 aromatic rings. The molecule has 0 bridgehead atoms. The van der Waals surface area contributed by atoms with Gasteiger partial charge in [0.15, 0.2) is 0 Å². The lowest BCUT2D eigenvalue weighted by Crippen LogP contribution is -2.37. The van der Waals surface area contributed by atoms with Crippen molar-refractivity contribution in [3.05, 3.63) is 44.8 Å². The number of carbonyl (C=O) groups is 1. The third-order valence-corrected chi connectivity index (χ3v) is 5.60. The van der Waals surface area contributed by atoms with Crippen molar-refractivity contribution < 1.29 is 9.53 Å². The molecule has 106 valence electrons. The maximum Gasteiger partial charge on any atom is 0.231 e. The van der Waals surface area contributed by atoms with Gasteiger partial charge in [0, 0.05) is 18.5 Å². The van der Waals surface area contributed by atoms with Crippen molar-refractivity contribution in [2.45, 2.75) is 24.4 Å². The van der Waals surface area contributed by atoms with Crippen LogP contribution in [0.25, 0.3) is 0 Å². The first-order chi connectivity index (χ1) is 9.76. The van der Waals surface area contributed by atoms with Crippen LogP contribution in [0.5, 0.6) is 0 Å². The van der Waals surface area contributed by atoms with Crippen LogP contribution in [0.2, 0.25) is 0 Å². The zero-order valence-corrected chi connectivity index (χ0v) is 12.9. The quantitative estimate of drug-likeness (QED) is 0.889. The number of methoxy groups -OCH3 is 1. The summed E-state index contributed by atoms with van der Waals surface area (Å²) in [4.78, 5) is 13.6. The number of thiophene rings is 2. The third kappa shape index (κ3) is 2.53. The number of rotatable bonds is 6. The zero-order chi connectivity index (χ0) is 14.0. The summed E-state index contributed by atoms with van der Waals surface area (Å²) < 4.78 is 5.46. The second-order valence-electron chi connectivity index (χ2n) is 5.05. The van der Waals surface area contributed by atoms with Crippen LogP contribution >= 0.6 is 22.7 Å². The van der Waals surface area contributed by atoms with E-state index in [1.54, 1.807) is 29.8 Å². The molecule has 1 aliphatic carbocycles. The Labute approximate surface area is 126 Å². The van der Waals surface area contributed by atoms with Crippen molar-refractivity contribution in [3.63, 3.8) is 0 Å². The summed E-state index contributed by atoms with van der Waals surface area (Å²) in [6, 6.07) is 6.11. The Balaban J connectivity index is 1.62. The summed E-state index contributed by atoms with van der Waals surface area (Å²) in [5.74, 6) is 0.136. The predicted molar refractivity (Wildman–Crippen MR) is 82.3 cm³/mol. The minimum absolute atomic E-state index is 0.0654. The van der Waals surface area contributed by atoms with E-state index in [1.807, 2.05) is 22.9 Å². The molecule has 3 rings (SSSR count). The van der Waals surface area contributed by atoms with Gasteiger partial charge in [-0.15, -0.1) is 11.3 Å². The van der Waals surface area contributed by atoms with Gasteiger partial charge in [0.05, 0.1) is 5.41 Å². The Morgan fingerprint density at radius 1 is 1.45 bits per heavy atom. The molecule has 0 spiro atoms. The first-order valence-corrected chi connectivity index (χ1v) is 8.46. The molecule has 0 radical (unpaired) electrons. The summed E-state index contributed by atoms with van der Waals surface area (Å²) in [7, 11) is 1.68. The van der Waals surface area contributed by atoms with E-state index in [4.69, 9.17) is 4.74 Å². The van der Waals surface area contributed by atoms with Crippen molar-refractivity contribution in [1.82, 2.24) is 5.32 Å². The Morgan fingerprint density at radius 3 is 2.85 bits per heavy atom. The molecule has 1 fully saturated rings. The lowest BCUT2D eigenvalue weighted by molar-refractivity contribution is -0.124. The van der Waals surface area contributed by atoms with Gasteiger partial charge in [-0.2, -0.15) is 11.3 Å². The predicted octanol–water partition coefficient (Wildman–Crippen LogP) is 3.35. The van der Waals surface area contributed by atoms with Gasteiger partial charge >= 0.3 is 0 Å². The summed E-state index contributed by atoms with van der Waals surface area (Å²) >= 11 is 3.31. The number of carbonyl (C=O) groups excluding carboxylic acids is 1. The maximum atomic E-state index is 12.5. The van der Waals surface area contributed by atoms with Crippen LogP contribution in [0.4, 0.5) is 0 Å². The van der Waals surface area contributed by atoms with Crippen LogP contribution in [-0.4, -0.2) is 19.6 Å². The molecule has 1 atom stereocenters. The molecule has 2 heterocycles. The van der Waals surface area contributed by atoms with E-state index >= 15 is 0 Å². The number of nitrogens with one attached hydrogen (secondary N) is 1. The fourth-order valence-corrected chi connectivity index (χ4v) is 4.10. The SMILES string of the molecule is COC(CNC(=O)C1(c2cccs2)CC1)c1ccsc1. The van der Waals surface area contributed by atoms with E-state index < -0.39 is 0 Å². The molecule has 1 unspecified atom stereocenters. The highest BCUT2D eigenvalue weighted by molar-refractivity contribution is 7.10. The molecule has 0 aromatic carbocycles. The van der Waals surface area contributed by atoms with Gasteiger partial charge in [-0.1, -0.05) is 6.07 Å². The summed E-state index contributed by atoms with van der Waals surface area (Å²) in [5.41, 5.74) is 0.861. The highest BCUT2D eigenvalue weighted by Gasteiger charge is 2.52. The van der Waals surface area contributed by atoms with Gasteiger partial charge in [-0.05, 0) is 46.7 Å². The first-order valence-electron chi connectivity index (χ1n) is 6.63. The Kier molecular flexibility index (Phi) is 3.92. The molecule has 3 nitrogen and oxygen atoms in total. The van der Waals surface area contributed by atoms with Gasteiger partial charge in [0.2, 0.25) is 5.91 Å². The van der Waals surface area contributed by atoms with Crippen LogP contribution < -0.4 is 5.32 Å². The Bertz CT molecular complexity index is 559. The molecule has 1 aliphatic rings. The van der Waals surface area contributed by atoms with Crippen molar-refractivity contribution in [1.29, 1.82) is 0 Å². The van der Waals surface area contributed by atoms with Crippen molar-refractivity contribution in [2.24, 2.45) is 0 Å². The van der Waals surface area contributed by atoms with E-state index in [-0.39, 0.29) is 17.4 Å². The average Bonchev–Trinajstić information content (AvgIpc) is 2.91. The van der Waals surface area contributed by atoms with Crippen LogP contribution in [-0.2, 0) is 14.9 Å². The minimum Gasteiger partial charge on any atom is -0.375 e. The molecule has 20 heavy (non-hydrogen) atoms.